The van der Waals surface area contributed by atoms with E-state index in [0.717, 1.165) is 12.7 Å². The van der Waals surface area contributed by atoms with E-state index in [-0.39, 0.29) is 22.4 Å². The number of hydrogen-bond donors (Lipinski definition) is 1. The van der Waals surface area contributed by atoms with Crippen LogP contribution in [0.3, 0.4) is 0 Å². The van der Waals surface area contributed by atoms with E-state index in [0.29, 0.717) is 11.4 Å². The molecule has 0 radical (unpaired) electrons. The summed E-state index contributed by atoms with van der Waals surface area (Å²) < 4.78 is 50.6. The van der Waals surface area contributed by atoms with Crippen molar-refractivity contribution in [3.63, 3.8) is 0 Å². The minimum Gasteiger partial charge on any atom is -0.367 e. The molecule has 6 nitrogen and oxygen atoms in total. The van der Waals surface area contributed by atoms with E-state index in [2.05, 4.69) is 15.4 Å². The molecular weight excluding hydrogens is 338 g/mol. The van der Waals surface area contributed by atoms with Crippen LogP contribution in [0.4, 0.5) is 14.6 Å². The molecule has 2 aromatic rings. The lowest BCUT2D eigenvalue weighted by Gasteiger charge is -2.15. The van der Waals surface area contributed by atoms with Crippen LogP contribution in [-0.4, -0.2) is 35.5 Å². The molecule has 132 valence electrons. The Morgan fingerprint density at radius 2 is 2.00 bits per heavy atom. The highest BCUT2D eigenvalue weighted by Gasteiger charge is 2.23. The number of halogens is 2. The van der Waals surface area contributed by atoms with Crippen LogP contribution < -0.4 is 5.32 Å². The molecule has 1 unspecified atom stereocenters. The predicted molar refractivity (Wildman–Crippen MR) is 87.5 cm³/mol. The fraction of sp³-hybridized carbons (Fsp3) is 0.467. The van der Waals surface area contributed by atoms with E-state index in [1.54, 1.807) is 6.92 Å². The van der Waals surface area contributed by atoms with E-state index in [4.69, 9.17) is 0 Å². The summed E-state index contributed by atoms with van der Waals surface area (Å²) in [6.45, 7) is 5.47. The number of alkyl halides is 2. The van der Waals surface area contributed by atoms with Crippen LogP contribution in [0.25, 0.3) is 5.82 Å². The third-order valence-corrected chi connectivity index (χ3v) is 4.82. The number of rotatable bonds is 6. The van der Waals surface area contributed by atoms with Gasteiger partial charge in [0.15, 0.2) is 15.7 Å². The molecular formula is C15H20F2N4O2S. The Kier molecular flexibility index (Phi) is 5.22. The van der Waals surface area contributed by atoms with Crippen LogP contribution in [-0.2, 0) is 9.84 Å². The molecule has 1 atom stereocenters. The Hall–Kier alpha value is -2.03. The van der Waals surface area contributed by atoms with Crippen molar-refractivity contribution in [3.8, 4) is 5.82 Å². The topological polar surface area (TPSA) is 76.9 Å². The van der Waals surface area contributed by atoms with Gasteiger partial charge in [-0.15, -0.1) is 0 Å². The number of aromatic nitrogens is 3. The minimum atomic E-state index is -3.38. The highest BCUT2D eigenvalue weighted by Crippen LogP contribution is 2.29. The number of hydrogen-bond acceptors (Lipinski definition) is 5. The lowest BCUT2D eigenvalue weighted by Crippen LogP contribution is -2.17. The third kappa shape index (κ3) is 3.72. The molecule has 24 heavy (non-hydrogen) atoms. The first-order valence-corrected chi connectivity index (χ1v) is 9.35. The number of sulfone groups is 1. The number of nitrogens with one attached hydrogen (secondary N) is 1. The molecule has 0 aliphatic heterocycles. The molecule has 0 spiro atoms. The molecule has 0 amide bonds. The first-order valence-electron chi connectivity index (χ1n) is 7.45. The van der Waals surface area contributed by atoms with Gasteiger partial charge >= 0.3 is 0 Å². The molecule has 0 saturated carbocycles. The minimum absolute atomic E-state index is 0.0555. The number of pyridine rings is 1. The van der Waals surface area contributed by atoms with Gasteiger partial charge in [0.2, 0.25) is 0 Å². The van der Waals surface area contributed by atoms with Gasteiger partial charge < -0.3 is 5.32 Å². The molecule has 9 heteroatoms. The maximum atomic E-state index is 13.2. The van der Waals surface area contributed by atoms with Gasteiger partial charge in [0.25, 0.3) is 6.43 Å². The maximum absolute atomic E-state index is 13.2. The molecule has 0 aliphatic rings. The van der Waals surface area contributed by atoms with Crippen molar-refractivity contribution in [3.05, 3.63) is 29.6 Å². The average molecular weight is 358 g/mol. The summed E-state index contributed by atoms with van der Waals surface area (Å²) in [6.07, 6.45) is 0.359. The fourth-order valence-corrected chi connectivity index (χ4v) is 2.67. The largest absolute Gasteiger partial charge is 0.367 e. The zero-order chi connectivity index (χ0) is 18.1. The van der Waals surface area contributed by atoms with Gasteiger partial charge in [-0.2, -0.15) is 9.78 Å². The highest BCUT2D eigenvalue weighted by molar-refractivity contribution is 7.90. The van der Waals surface area contributed by atoms with Crippen LogP contribution in [0.5, 0.6) is 0 Å². The number of anilines is 1. The summed E-state index contributed by atoms with van der Waals surface area (Å²) in [6, 6.07) is 2.88. The molecule has 0 aromatic carbocycles. The van der Waals surface area contributed by atoms with E-state index in [9.17, 15) is 17.2 Å². The molecule has 0 fully saturated rings. The summed E-state index contributed by atoms with van der Waals surface area (Å²) in [4.78, 5) is 4.12. The van der Waals surface area contributed by atoms with E-state index >= 15 is 0 Å². The first-order chi connectivity index (χ1) is 11.1. The second kappa shape index (κ2) is 6.84. The monoisotopic (exact) mass is 358 g/mol. The van der Waals surface area contributed by atoms with Crippen LogP contribution in [0.1, 0.15) is 38.0 Å². The van der Waals surface area contributed by atoms with Crippen LogP contribution in [0, 0.1) is 6.92 Å². The summed E-state index contributed by atoms with van der Waals surface area (Å²) in [5, 5.41) is 7.11. The maximum Gasteiger partial charge on any atom is 0.282 e. The van der Waals surface area contributed by atoms with Crippen molar-refractivity contribution in [1.29, 1.82) is 0 Å². The zero-order valence-corrected chi connectivity index (χ0v) is 14.7. The summed E-state index contributed by atoms with van der Waals surface area (Å²) >= 11 is 0. The lowest BCUT2D eigenvalue weighted by atomic mass is 10.2. The van der Waals surface area contributed by atoms with Gasteiger partial charge in [-0.25, -0.2) is 22.2 Å². The van der Waals surface area contributed by atoms with Crippen molar-refractivity contribution in [2.75, 3.05) is 11.6 Å². The van der Waals surface area contributed by atoms with Crippen molar-refractivity contribution in [1.82, 2.24) is 14.8 Å². The average Bonchev–Trinajstić information content (AvgIpc) is 2.84. The molecule has 2 heterocycles. The van der Waals surface area contributed by atoms with Crippen molar-refractivity contribution >= 4 is 15.7 Å². The van der Waals surface area contributed by atoms with Crippen molar-refractivity contribution < 1.29 is 17.2 Å². The Bertz CT molecular complexity index is 817. The van der Waals surface area contributed by atoms with Crippen LogP contribution in [0.2, 0.25) is 0 Å². The van der Waals surface area contributed by atoms with Gasteiger partial charge in [0, 0.05) is 24.1 Å². The molecule has 2 rings (SSSR count). The Morgan fingerprint density at radius 3 is 2.46 bits per heavy atom. The zero-order valence-electron chi connectivity index (χ0n) is 13.9. The van der Waals surface area contributed by atoms with Crippen molar-refractivity contribution in [2.24, 2.45) is 0 Å². The summed E-state index contributed by atoms with van der Waals surface area (Å²) in [7, 11) is -3.38. The molecule has 0 aliphatic carbocycles. The SMILES string of the molecule is CCC(C)Nc1c(C)c(C(F)F)nn1-c1ccc(S(C)(=O)=O)cn1. The second-order valence-corrected chi connectivity index (χ2v) is 7.66. The van der Waals surface area contributed by atoms with Crippen molar-refractivity contribution in [2.45, 2.75) is 44.6 Å². The van der Waals surface area contributed by atoms with Crippen LogP contribution >= 0.6 is 0 Å². The van der Waals surface area contributed by atoms with Gasteiger partial charge in [-0.05, 0) is 32.4 Å². The lowest BCUT2D eigenvalue weighted by molar-refractivity contribution is 0.144. The fourth-order valence-electron chi connectivity index (χ4n) is 2.11. The molecule has 2 aromatic heterocycles. The Balaban J connectivity index is 2.54. The standard InChI is InChI=1S/C15H20F2N4O2S/c1-5-9(2)19-15-10(3)13(14(16)17)20-21(15)12-7-6-11(8-18-12)24(4,22)23/h6-9,14,19H,5H2,1-4H3. The normalized spacial score (nSPS) is 13.3. The Labute approximate surface area is 139 Å². The van der Waals surface area contributed by atoms with Gasteiger partial charge in [-0.3, -0.25) is 0 Å². The van der Waals surface area contributed by atoms with Gasteiger partial charge in [-0.1, -0.05) is 6.92 Å². The van der Waals surface area contributed by atoms with Gasteiger partial charge in [0.05, 0.1) is 4.90 Å². The summed E-state index contributed by atoms with van der Waals surface area (Å²) in [5.74, 6) is 0.697. The Morgan fingerprint density at radius 1 is 1.33 bits per heavy atom. The second-order valence-electron chi connectivity index (χ2n) is 5.65. The van der Waals surface area contributed by atoms with E-state index < -0.39 is 16.3 Å². The highest BCUT2D eigenvalue weighted by atomic mass is 32.2. The molecule has 0 bridgehead atoms. The first kappa shape index (κ1) is 18.3. The predicted octanol–water partition coefficient (Wildman–Crippen LogP) is 3.13. The van der Waals surface area contributed by atoms with Crippen LogP contribution in [0.15, 0.2) is 23.2 Å². The third-order valence-electron chi connectivity index (χ3n) is 3.73. The smallest absolute Gasteiger partial charge is 0.282 e. The summed E-state index contributed by atoms with van der Waals surface area (Å²) in [5.41, 5.74) is 0.0223. The van der Waals surface area contributed by atoms with E-state index in [1.165, 1.54) is 23.0 Å². The number of nitrogens with zero attached hydrogens (tertiary/aromatic N) is 3. The molecule has 1 N–H and O–H groups in total. The van der Waals surface area contributed by atoms with Gasteiger partial charge in [0.1, 0.15) is 11.5 Å². The quantitative estimate of drug-likeness (QED) is 0.858. The van der Waals surface area contributed by atoms with E-state index in [1.807, 2.05) is 13.8 Å². The molecule has 0 saturated heterocycles.